The Morgan fingerprint density at radius 1 is 1.09 bits per heavy atom. The number of fused-ring (bicyclic) bond motifs is 1. The van der Waals surface area contributed by atoms with Crippen molar-refractivity contribution in [3.63, 3.8) is 0 Å². The number of aliphatic hydroxyl groups excluding tert-OH is 1. The second kappa shape index (κ2) is 9.38. The van der Waals surface area contributed by atoms with Crippen molar-refractivity contribution >= 4 is 34.4 Å². The van der Waals surface area contributed by atoms with Gasteiger partial charge in [-0.05, 0) is 36.2 Å². The van der Waals surface area contributed by atoms with Crippen LogP contribution in [0.2, 0.25) is 10.0 Å². The molecule has 1 N–H and O–H groups in total. The van der Waals surface area contributed by atoms with E-state index in [1.54, 1.807) is 30.3 Å². The van der Waals surface area contributed by atoms with Crippen molar-refractivity contribution in [2.75, 3.05) is 6.61 Å². The molecule has 0 aliphatic heterocycles. The Kier molecular flexibility index (Phi) is 6.55. The number of nitrogens with zero attached hydrogens (tertiary/aromatic N) is 4. The van der Waals surface area contributed by atoms with Gasteiger partial charge in [-0.3, -0.25) is 18.5 Å². The second-order valence-electron chi connectivity index (χ2n) is 7.31. The zero-order valence-corrected chi connectivity index (χ0v) is 19.0. The summed E-state index contributed by atoms with van der Waals surface area (Å²) in [4.78, 5) is 30.5. The molecular weight excluding hydrogens is 474 g/mol. The van der Waals surface area contributed by atoms with E-state index in [0.717, 1.165) is 4.57 Å². The lowest BCUT2D eigenvalue weighted by Crippen LogP contribution is -2.39. The summed E-state index contributed by atoms with van der Waals surface area (Å²) in [6, 6.07) is 10.6. The highest BCUT2D eigenvalue weighted by Crippen LogP contribution is 2.35. The summed E-state index contributed by atoms with van der Waals surface area (Å²) >= 11 is 12.4. The zero-order valence-electron chi connectivity index (χ0n) is 17.5. The number of hydrogen-bond acceptors (Lipinski definition) is 5. The molecule has 8 nitrogen and oxygen atoms in total. The fourth-order valence-electron chi connectivity index (χ4n) is 3.44. The fraction of sp³-hybridized carbons (Fsp3) is 0.227. The maximum absolute atomic E-state index is 13.4. The van der Waals surface area contributed by atoms with Crippen LogP contribution in [-0.2, 0) is 20.1 Å². The SMILES string of the molecule is Cn1c(=O)n(CCCO)c(=O)c2c1nc(Oc1cccc(Cl)c1Cl)n2Cc1ccc(F)cc1. The Morgan fingerprint density at radius 2 is 1.82 bits per heavy atom. The van der Waals surface area contributed by atoms with Crippen molar-refractivity contribution in [1.29, 1.82) is 0 Å². The molecule has 0 saturated carbocycles. The van der Waals surface area contributed by atoms with Gasteiger partial charge in [-0.2, -0.15) is 4.98 Å². The van der Waals surface area contributed by atoms with Crippen LogP contribution < -0.4 is 16.0 Å². The van der Waals surface area contributed by atoms with Crippen molar-refractivity contribution in [3.8, 4) is 11.8 Å². The molecule has 2 aromatic heterocycles. The van der Waals surface area contributed by atoms with Crippen LogP contribution in [-0.4, -0.2) is 30.4 Å². The molecule has 172 valence electrons. The number of rotatable bonds is 7. The highest BCUT2D eigenvalue weighted by molar-refractivity contribution is 6.42. The number of halogens is 3. The first kappa shape index (κ1) is 23.0. The van der Waals surface area contributed by atoms with Crippen LogP contribution in [0, 0.1) is 5.82 Å². The maximum atomic E-state index is 13.4. The van der Waals surface area contributed by atoms with E-state index in [-0.39, 0.29) is 59.1 Å². The maximum Gasteiger partial charge on any atom is 0.332 e. The van der Waals surface area contributed by atoms with Crippen LogP contribution in [0.25, 0.3) is 11.2 Å². The Morgan fingerprint density at radius 3 is 2.52 bits per heavy atom. The molecule has 0 saturated heterocycles. The van der Waals surface area contributed by atoms with E-state index in [4.69, 9.17) is 33.0 Å². The highest BCUT2D eigenvalue weighted by atomic mass is 35.5. The topological polar surface area (TPSA) is 91.3 Å². The Hall–Kier alpha value is -3.14. The lowest BCUT2D eigenvalue weighted by Gasteiger charge is -2.12. The van der Waals surface area contributed by atoms with Gasteiger partial charge in [-0.1, -0.05) is 41.4 Å². The number of aryl methyl sites for hydroxylation is 1. The van der Waals surface area contributed by atoms with Crippen LogP contribution >= 0.6 is 23.2 Å². The molecule has 33 heavy (non-hydrogen) atoms. The number of imidazole rings is 1. The summed E-state index contributed by atoms with van der Waals surface area (Å²) in [7, 11) is 1.49. The monoisotopic (exact) mass is 492 g/mol. The summed E-state index contributed by atoms with van der Waals surface area (Å²) in [5.74, 6) is -0.185. The van der Waals surface area contributed by atoms with Crippen molar-refractivity contribution in [2.45, 2.75) is 19.5 Å². The molecule has 2 heterocycles. The van der Waals surface area contributed by atoms with Gasteiger partial charge in [0.1, 0.15) is 10.8 Å². The minimum Gasteiger partial charge on any atom is -0.424 e. The Balaban J connectivity index is 1.95. The number of benzene rings is 2. The van der Waals surface area contributed by atoms with E-state index >= 15 is 0 Å². The third kappa shape index (κ3) is 4.39. The fourth-order valence-corrected chi connectivity index (χ4v) is 3.77. The lowest BCUT2D eigenvalue weighted by molar-refractivity contribution is 0.277. The van der Waals surface area contributed by atoms with Crippen molar-refractivity contribution in [2.24, 2.45) is 7.05 Å². The summed E-state index contributed by atoms with van der Waals surface area (Å²) in [6.45, 7) is -0.0299. The van der Waals surface area contributed by atoms with E-state index in [9.17, 15) is 14.0 Å². The molecule has 0 aliphatic rings. The quantitative estimate of drug-likeness (QED) is 0.425. The van der Waals surface area contributed by atoms with Crippen LogP contribution in [0.15, 0.2) is 52.1 Å². The van der Waals surface area contributed by atoms with Crippen molar-refractivity contribution in [3.05, 3.63) is 84.7 Å². The van der Waals surface area contributed by atoms with Gasteiger partial charge in [0.05, 0.1) is 11.6 Å². The van der Waals surface area contributed by atoms with Gasteiger partial charge in [0.2, 0.25) is 0 Å². The smallest absolute Gasteiger partial charge is 0.332 e. The first-order chi connectivity index (χ1) is 15.8. The molecule has 0 unspecified atom stereocenters. The number of hydrogen-bond donors (Lipinski definition) is 1. The molecule has 0 bridgehead atoms. The van der Waals surface area contributed by atoms with Crippen LogP contribution in [0.3, 0.4) is 0 Å². The summed E-state index contributed by atoms with van der Waals surface area (Å²) < 4.78 is 23.1. The number of ether oxygens (including phenoxy) is 1. The molecule has 4 aromatic rings. The summed E-state index contributed by atoms with van der Waals surface area (Å²) in [5.41, 5.74) is -0.246. The standard InChI is InChI=1S/C22H19Cl2FN4O4/c1-27-19-18(20(31)28(22(27)32)10-3-11-30)29(12-13-6-8-14(25)9-7-13)21(26-19)33-16-5-2-4-15(23)17(16)24/h2,4-9,30H,3,10-12H2,1H3. The van der Waals surface area contributed by atoms with Gasteiger partial charge in [-0.15, -0.1) is 0 Å². The van der Waals surface area contributed by atoms with E-state index in [2.05, 4.69) is 4.98 Å². The minimum atomic E-state index is -0.580. The lowest BCUT2D eigenvalue weighted by atomic mass is 10.2. The molecule has 0 fully saturated rings. The molecular formula is C22H19Cl2FN4O4. The second-order valence-corrected chi connectivity index (χ2v) is 8.09. The third-order valence-corrected chi connectivity index (χ3v) is 5.91. The average Bonchev–Trinajstić information content (AvgIpc) is 3.15. The molecule has 11 heteroatoms. The van der Waals surface area contributed by atoms with Gasteiger partial charge < -0.3 is 9.84 Å². The average molecular weight is 493 g/mol. The first-order valence-corrected chi connectivity index (χ1v) is 10.7. The molecule has 0 atom stereocenters. The van der Waals surface area contributed by atoms with Crippen LogP contribution in [0.1, 0.15) is 12.0 Å². The molecule has 0 radical (unpaired) electrons. The van der Waals surface area contributed by atoms with E-state index < -0.39 is 17.1 Å². The number of aliphatic hydroxyl groups is 1. The Labute approximate surface area is 197 Å². The van der Waals surface area contributed by atoms with Crippen LogP contribution in [0.4, 0.5) is 4.39 Å². The number of aromatic nitrogens is 4. The Bertz CT molecular complexity index is 1440. The summed E-state index contributed by atoms with van der Waals surface area (Å²) in [6.07, 6.45) is 0.230. The predicted molar refractivity (Wildman–Crippen MR) is 123 cm³/mol. The van der Waals surface area contributed by atoms with Gasteiger partial charge in [-0.25, -0.2) is 9.18 Å². The van der Waals surface area contributed by atoms with E-state index in [0.29, 0.717) is 5.56 Å². The highest BCUT2D eigenvalue weighted by Gasteiger charge is 2.22. The van der Waals surface area contributed by atoms with Crippen LogP contribution in [0.5, 0.6) is 11.8 Å². The van der Waals surface area contributed by atoms with Gasteiger partial charge in [0.25, 0.3) is 5.56 Å². The zero-order chi connectivity index (χ0) is 23.7. The third-order valence-electron chi connectivity index (χ3n) is 5.11. The summed E-state index contributed by atoms with van der Waals surface area (Å²) in [5, 5.41) is 9.60. The van der Waals surface area contributed by atoms with Gasteiger partial charge in [0.15, 0.2) is 16.9 Å². The normalized spacial score (nSPS) is 11.3. The minimum absolute atomic E-state index is 0.00509. The van der Waals surface area contributed by atoms with Crippen molar-refractivity contribution < 1.29 is 14.2 Å². The molecule has 0 spiro atoms. The first-order valence-electron chi connectivity index (χ1n) is 9.99. The largest absolute Gasteiger partial charge is 0.424 e. The molecule has 0 aliphatic carbocycles. The molecule has 0 amide bonds. The van der Waals surface area contributed by atoms with Crippen molar-refractivity contribution in [1.82, 2.24) is 18.7 Å². The predicted octanol–water partition coefficient (Wildman–Crippen LogP) is 3.57. The van der Waals surface area contributed by atoms with E-state index in [1.807, 2.05) is 0 Å². The van der Waals surface area contributed by atoms with Gasteiger partial charge in [0, 0.05) is 20.2 Å². The molecule has 4 rings (SSSR count). The molecule has 2 aromatic carbocycles. The van der Waals surface area contributed by atoms with Gasteiger partial charge >= 0.3 is 11.7 Å². The van der Waals surface area contributed by atoms with E-state index in [1.165, 1.54) is 28.3 Å².